The number of nitrogens with zero attached hydrogens (tertiary/aromatic N) is 2. The van der Waals surface area contributed by atoms with Crippen molar-refractivity contribution in [2.24, 2.45) is 0 Å². The second-order valence-corrected chi connectivity index (χ2v) is 6.94. The molecule has 0 aliphatic rings. The largest absolute Gasteiger partial charge is 0.497 e. The van der Waals surface area contributed by atoms with E-state index in [-0.39, 0.29) is 11.8 Å². The van der Waals surface area contributed by atoms with Gasteiger partial charge in [0, 0.05) is 11.8 Å². The Morgan fingerprint density at radius 1 is 1.10 bits per heavy atom. The molecule has 4 rings (SSSR count). The Hall–Kier alpha value is -3.92. The van der Waals surface area contributed by atoms with Crippen LogP contribution in [-0.4, -0.2) is 34.1 Å². The van der Waals surface area contributed by atoms with Crippen LogP contribution >= 0.6 is 11.3 Å². The molecular weight excluding hydrogens is 392 g/mol. The Balaban J connectivity index is 1.46. The highest BCUT2D eigenvalue weighted by Crippen LogP contribution is 2.29. The maximum Gasteiger partial charge on any atom is 0.279 e. The van der Waals surface area contributed by atoms with Gasteiger partial charge in [-0.05, 0) is 42.5 Å². The van der Waals surface area contributed by atoms with Crippen molar-refractivity contribution in [3.63, 3.8) is 0 Å². The van der Waals surface area contributed by atoms with Gasteiger partial charge in [0.2, 0.25) is 0 Å². The van der Waals surface area contributed by atoms with Crippen LogP contribution in [0.4, 0.5) is 11.6 Å². The molecule has 3 aromatic heterocycles. The number of hydrazine groups is 1. The summed E-state index contributed by atoms with van der Waals surface area (Å²) in [6, 6.07) is 13.7. The zero-order chi connectivity index (χ0) is 20.2. The minimum absolute atomic E-state index is 0.299. The number of ether oxygens (including phenoxy) is 1. The van der Waals surface area contributed by atoms with E-state index in [1.54, 1.807) is 61.8 Å². The van der Waals surface area contributed by atoms with Crippen molar-refractivity contribution >= 4 is 45.0 Å². The number of thiophene rings is 1. The molecule has 146 valence electrons. The number of pyridine rings is 1. The third kappa shape index (κ3) is 4.01. The quantitative estimate of drug-likeness (QED) is 0.364. The van der Waals surface area contributed by atoms with E-state index in [4.69, 9.17) is 4.74 Å². The van der Waals surface area contributed by atoms with Gasteiger partial charge in [-0.3, -0.25) is 25.5 Å². The predicted molar refractivity (Wildman–Crippen MR) is 110 cm³/mol. The smallest absolute Gasteiger partial charge is 0.279 e. The number of nitrogens with one attached hydrogen (secondary N) is 4. The fourth-order valence-electron chi connectivity index (χ4n) is 2.56. The standard InChI is InChI=1S/C19H16N6O3S/c1-28-12-7-5-11(6-8-12)17(26)21-16-13-10-14(29-19(13)25-23-16)18(27)24-22-15-4-2-3-9-20-15/h2-10H,1H3,(H,20,22)(H,24,27)(H2,21,23,25,26). The summed E-state index contributed by atoms with van der Waals surface area (Å²) in [6.45, 7) is 0. The predicted octanol–water partition coefficient (Wildman–Crippen LogP) is 3.04. The number of aromatic amines is 1. The van der Waals surface area contributed by atoms with Gasteiger partial charge in [-0.2, -0.15) is 5.10 Å². The van der Waals surface area contributed by atoms with Gasteiger partial charge in [0.05, 0.1) is 17.4 Å². The average molecular weight is 408 g/mol. The number of H-pyrrole nitrogens is 1. The Bertz CT molecular complexity index is 1150. The van der Waals surface area contributed by atoms with Crippen molar-refractivity contribution in [3.05, 3.63) is 65.2 Å². The first-order valence-electron chi connectivity index (χ1n) is 8.55. The van der Waals surface area contributed by atoms with Crippen LogP contribution in [0.3, 0.4) is 0 Å². The number of rotatable bonds is 6. The first kappa shape index (κ1) is 18.4. The fraction of sp³-hybridized carbons (Fsp3) is 0.0526. The number of hydrogen-bond donors (Lipinski definition) is 4. The van der Waals surface area contributed by atoms with E-state index in [1.165, 1.54) is 11.3 Å². The molecule has 0 aliphatic heterocycles. The Morgan fingerprint density at radius 2 is 1.93 bits per heavy atom. The van der Waals surface area contributed by atoms with E-state index in [0.717, 1.165) is 0 Å². The summed E-state index contributed by atoms with van der Waals surface area (Å²) in [5.74, 6) is 0.987. The number of benzene rings is 1. The highest BCUT2D eigenvalue weighted by atomic mass is 32.1. The van der Waals surface area contributed by atoms with Crippen molar-refractivity contribution in [1.82, 2.24) is 20.6 Å². The molecule has 10 heteroatoms. The van der Waals surface area contributed by atoms with Crippen LogP contribution in [-0.2, 0) is 0 Å². The van der Waals surface area contributed by atoms with Gasteiger partial charge in [0.25, 0.3) is 11.8 Å². The molecule has 0 radical (unpaired) electrons. The number of fused-ring (bicyclic) bond motifs is 1. The summed E-state index contributed by atoms with van der Waals surface area (Å²) < 4.78 is 5.09. The van der Waals surface area contributed by atoms with Gasteiger partial charge in [-0.25, -0.2) is 4.98 Å². The molecule has 0 bridgehead atoms. The van der Waals surface area contributed by atoms with Crippen molar-refractivity contribution in [2.75, 3.05) is 17.9 Å². The van der Waals surface area contributed by atoms with Crippen LogP contribution < -0.4 is 20.9 Å². The summed E-state index contributed by atoms with van der Waals surface area (Å²) in [6.07, 6.45) is 1.62. The summed E-state index contributed by atoms with van der Waals surface area (Å²) in [5, 5.41) is 10.4. The number of carbonyl (C=O) groups excluding carboxylic acids is 2. The summed E-state index contributed by atoms with van der Waals surface area (Å²) in [4.78, 5) is 30.0. The molecule has 4 N–H and O–H groups in total. The molecule has 3 heterocycles. The Kier molecular flexibility index (Phi) is 5.08. The molecule has 2 amide bonds. The molecule has 0 saturated heterocycles. The number of amides is 2. The van der Waals surface area contributed by atoms with Gasteiger partial charge < -0.3 is 10.1 Å². The molecule has 0 atom stereocenters. The third-order valence-corrected chi connectivity index (χ3v) is 5.06. The van der Waals surface area contributed by atoms with Gasteiger partial charge in [-0.15, -0.1) is 11.3 Å². The maximum atomic E-state index is 12.5. The van der Waals surface area contributed by atoms with Gasteiger partial charge >= 0.3 is 0 Å². The van der Waals surface area contributed by atoms with Crippen LogP contribution in [0.1, 0.15) is 20.0 Å². The fourth-order valence-corrected chi connectivity index (χ4v) is 3.46. The second kappa shape index (κ2) is 7.98. The number of hydrogen-bond acceptors (Lipinski definition) is 7. The van der Waals surface area contributed by atoms with Gasteiger partial charge in [-0.1, -0.05) is 6.07 Å². The first-order valence-corrected chi connectivity index (χ1v) is 9.36. The zero-order valence-electron chi connectivity index (χ0n) is 15.2. The lowest BCUT2D eigenvalue weighted by atomic mass is 10.2. The second-order valence-electron chi connectivity index (χ2n) is 5.90. The summed E-state index contributed by atoms with van der Waals surface area (Å²) in [7, 11) is 1.56. The van der Waals surface area contributed by atoms with Crippen LogP contribution in [0.2, 0.25) is 0 Å². The summed E-state index contributed by atoms with van der Waals surface area (Å²) >= 11 is 1.21. The van der Waals surface area contributed by atoms with E-state index in [2.05, 4.69) is 31.3 Å². The highest BCUT2D eigenvalue weighted by Gasteiger charge is 2.17. The van der Waals surface area contributed by atoms with Crippen molar-refractivity contribution in [1.29, 1.82) is 0 Å². The SMILES string of the molecule is COc1ccc(C(=O)Nc2[nH]nc3sc(C(=O)NNc4ccccn4)cc23)cc1. The molecule has 4 aromatic rings. The third-order valence-electron chi connectivity index (χ3n) is 4.03. The number of methoxy groups -OCH3 is 1. The lowest BCUT2D eigenvalue weighted by Crippen LogP contribution is -2.29. The Labute approximate surface area is 169 Å². The first-order chi connectivity index (χ1) is 14.1. The average Bonchev–Trinajstić information content (AvgIpc) is 3.35. The van der Waals surface area contributed by atoms with Crippen LogP contribution in [0.5, 0.6) is 5.75 Å². The topological polar surface area (TPSA) is 121 Å². The molecule has 0 saturated carbocycles. The van der Waals surface area contributed by atoms with Crippen molar-refractivity contribution in [2.45, 2.75) is 0 Å². The highest BCUT2D eigenvalue weighted by molar-refractivity contribution is 7.20. The molecule has 9 nitrogen and oxygen atoms in total. The summed E-state index contributed by atoms with van der Waals surface area (Å²) in [5.41, 5.74) is 5.80. The van der Waals surface area contributed by atoms with Gasteiger partial charge in [0.1, 0.15) is 22.2 Å². The van der Waals surface area contributed by atoms with E-state index in [9.17, 15) is 9.59 Å². The number of carbonyl (C=O) groups is 2. The van der Waals surface area contributed by atoms with E-state index < -0.39 is 0 Å². The lowest BCUT2D eigenvalue weighted by Gasteiger charge is -2.05. The molecule has 0 spiro atoms. The minimum atomic E-state index is -0.328. The van der Waals surface area contributed by atoms with E-state index in [1.807, 2.05) is 0 Å². The Morgan fingerprint density at radius 3 is 2.66 bits per heavy atom. The lowest BCUT2D eigenvalue weighted by molar-refractivity contribution is 0.0965. The number of aromatic nitrogens is 3. The van der Waals surface area contributed by atoms with Crippen LogP contribution in [0.15, 0.2) is 54.7 Å². The van der Waals surface area contributed by atoms with E-state index >= 15 is 0 Å². The van der Waals surface area contributed by atoms with Crippen LogP contribution in [0, 0.1) is 0 Å². The molecule has 0 aliphatic carbocycles. The van der Waals surface area contributed by atoms with Crippen molar-refractivity contribution in [3.8, 4) is 5.75 Å². The molecule has 1 aromatic carbocycles. The van der Waals surface area contributed by atoms with E-state index in [0.29, 0.717) is 38.0 Å². The minimum Gasteiger partial charge on any atom is -0.497 e. The van der Waals surface area contributed by atoms with Crippen molar-refractivity contribution < 1.29 is 14.3 Å². The number of anilines is 2. The molecule has 29 heavy (non-hydrogen) atoms. The maximum absolute atomic E-state index is 12.5. The molecule has 0 unspecified atom stereocenters. The normalized spacial score (nSPS) is 10.5. The van der Waals surface area contributed by atoms with Crippen LogP contribution in [0.25, 0.3) is 10.2 Å². The monoisotopic (exact) mass is 408 g/mol. The van der Waals surface area contributed by atoms with Gasteiger partial charge in [0.15, 0.2) is 0 Å². The zero-order valence-corrected chi connectivity index (χ0v) is 16.0. The molecule has 0 fully saturated rings. The molecular formula is C19H16N6O3S.